The van der Waals surface area contributed by atoms with Crippen LogP contribution in [0.4, 0.5) is 10.2 Å². The Morgan fingerprint density at radius 3 is 2.86 bits per heavy atom. The molecule has 9 heteroatoms. The average molecular weight is 495 g/mol. The molecule has 6 heterocycles. The monoisotopic (exact) mass is 494 g/mol. The van der Waals surface area contributed by atoms with Gasteiger partial charge < -0.3 is 14.2 Å². The minimum absolute atomic E-state index is 0.0859. The quantitative estimate of drug-likeness (QED) is 0.532. The third kappa shape index (κ3) is 4.30. The summed E-state index contributed by atoms with van der Waals surface area (Å²) in [5.74, 6) is 2.26. The maximum atomic E-state index is 14.0. The van der Waals surface area contributed by atoms with E-state index in [1.807, 2.05) is 31.6 Å². The number of likely N-dealkylation sites (tertiary alicyclic amines) is 1. The number of pyridine rings is 1. The topological polar surface area (TPSA) is 58.8 Å². The van der Waals surface area contributed by atoms with Gasteiger partial charge in [0.1, 0.15) is 11.4 Å². The second-order valence-corrected chi connectivity index (χ2v) is 10.9. The summed E-state index contributed by atoms with van der Waals surface area (Å²) >= 11 is 1.28. The van der Waals surface area contributed by atoms with Gasteiger partial charge in [-0.3, -0.25) is 0 Å². The number of aryl methyl sites for hydroxylation is 1. The van der Waals surface area contributed by atoms with E-state index in [1.54, 1.807) is 6.07 Å². The molecule has 1 saturated heterocycles. The molecule has 3 aromatic heterocycles. The molecule has 3 aliphatic heterocycles. The third-order valence-corrected chi connectivity index (χ3v) is 8.87. The van der Waals surface area contributed by atoms with Crippen LogP contribution in [0, 0.1) is 18.0 Å². The molecule has 6 rings (SSSR count). The Hall–Kier alpha value is -2.62. The van der Waals surface area contributed by atoms with Gasteiger partial charge in [-0.05, 0) is 50.8 Å². The number of thiophene rings is 1. The lowest BCUT2D eigenvalue weighted by Gasteiger charge is -2.44. The number of fused-ring (bicyclic) bond motifs is 2. The van der Waals surface area contributed by atoms with Crippen LogP contribution in [0.5, 0.6) is 0 Å². The normalized spacial score (nSPS) is 22.0. The van der Waals surface area contributed by atoms with E-state index in [9.17, 15) is 4.39 Å². The van der Waals surface area contributed by atoms with Crippen LogP contribution in [0.15, 0.2) is 41.9 Å². The first-order valence-corrected chi connectivity index (χ1v) is 13.2. The molecule has 3 aliphatic rings. The van der Waals surface area contributed by atoms with Gasteiger partial charge >= 0.3 is 0 Å². The minimum Gasteiger partial charge on any atom is -0.369 e. The molecule has 0 aliphatic carbocycles. The number of anilines is 1. The van der Waals surface area contributed by atoms with E-state index in [0.717, 1.165) is 85.3 Å². The van der Waals surface area contributed by atoms with Crippen LogP contribution in [0.1, 0.15) is 41.6 Å². The maximum Gasteiger partial charge on any atom is 0.177 e. The predicted molar refractivity (Wildman–Crippen MR) is 136 cm³/mol. The van der Waals surface area contributed by atoms with Crippen molar-refractivity contribution in [3.63, 3.8) is 0 Å². The summed E-state index contributed by atoms with van der Waals surface area (Å²) < 4.78 is 22.4. The predicted octanol–water partition coefficient (Wildman–Crippen LogP) is 4.21. The summed E-state index contributed by atoms with van der Waals surface area (Å²) in [5.41, 5.74) is 3.15. The van der Waals surface area contributed by atoms with E-state index in [4.69, 9.17) is 14.8 Å². The minimum atomic E-state index is -0.293. The van der Waals surface area contributed by atoms with E-state index in [2.05, 4.69) is 32.5 Å². The number of rotatable bonds is 5. The Morgan fingerprint density at radius 1 is 1.20 bits per heavy atom. The molecule has 0 aromatic carbocycles. The fraction of sp³-hybridized carbons (Fsp3) is 0.500. The van der Waals surface area contributed by atoms with Crippen molar-refractivity contribution in [1.29, 1.82) is 0 Å². The number of halogens is 1. The highest BCUT2D eigenvalue weighted by Gasteiger charge is 2.43. The van der Waals surface area contributed by atoms with E-state index in [1.165, 1.54) is 11.3 Å². The zero-order chi connectivity index (χ0) is 24.0. The highest BCUT2D eigenvalue weighted by atomic mass is 32.1. The van der Waals surface area contributed by atoms with Crippen molar-refractivity contribution in [3.05, 3.63) is 63.7 Å². The molecule has 1 fully saturated rings. The molecule has 1 unspecified atom stereocenters. The first kappa shape index (κ1) is 22.8. The first-order valence-electron chi connectivity index (χ1n) is 12.4. The number of hydrogen-bond acceptors (Lipinski definition) is 7. The highest BCUT2D eigenvalue weighted by molar-refractivity contribution is 7.10. The van der Waals surface area contributed by atoms with Crippen LogP contribution in [0.25, 0.3) is 0 Å². The van der Waals surface area contributed by atoms with Gasteiger partial charge in [-0.15, -0.1) is 11.3 Å². The molecule has 35 heavy (non-hydrogen) atoms. The van der Waals surface area contributed by atoms with Gasteiger partial charge in [0.05, 0.1) is 19.7 Å². The van der Waals surface area contributed by atoms with Gasteiger partial charge in [-0.25, -0.2) is 15.0 Å². The van der Waals surface area contributed by atoms with Crippen molar-refractivity contribution < 1.29 is 9.13 Å². The summed E-state index contributed by atoms with van der Waals surface area (Å²) in [7, 11) is 0. The number of nitrogens with zero attached hydrogens (tertiary/aromatic N) is 6. The Labute approximate surface area is 209 Å². The Morgan fingerprint density at radius 2 is 2.06 bits per heavy atom. The number of imidazole rings is 1. The van der Waals surface area contributed by atoms with E-state index in [0.29, 0.717) is 12.5 Å². The van der Waals surface area contributed by atoms with Gasteiger partial charge in [-0.2, -0.15) is 9.49 Å². The Balaban J connectivity index is 1.11. The zero-order valence-corrected chi connectivity index (χ0v) is 21.1. The number of hydrazone groups is 1. The zero-order valence-electron chi connectivity index (χ0n) is 20.3. The fourth-order valence-electron chi connectivity index (χ4n) is 5.69. The van der Waals surface area contributed by atoms with Crippen LogP contribution in [0.2, 0.25) is 0 Å². The van der Waals surface area contributed by atoms with Crippen LogP contribution in [-0.4, -0.2) is 57.9 Å². The van der Waals surface area contributed by atoms with E-state index >= 15 is 0 Å². The molecule has 0 amide bonds. The summed E-state index contributed by atoms with van der Waals surface area (Å²) in [5, 5.41) is 6.89. The molecular formula is C26H31FN6OS. The molecule has 1 spiro atoms. The second-order valence-electron chi connectivity index (χ2n) is 9.91. The average Bonchev–Trinajstić information content (AvgIpc) is 3.55. The molecule has 184 valence electrons. The first-order chi connectivity index (χ1) is 17.0. The van der Waals surface area contributed by atoms with Crippen molar-refractivity contribution in [2.24, 2.45) is 11.0 Å². The molecule has 0 bridgehead atoms. The smallest absolute Gasteiger partial charge is 0.177 e. The molecule has 1 atom stereocenters. The number of piperidine rings is 1. The van der Waals surface area contributed by atoms with E-state index in [-0.39, 0.29) is 10.7 Å². The lowest BCUT2D eigenvalue weighted by Crippen LogP contribution is -2.47. The summed E-state index contributed by atoms with van der Waals surface area (Å²) in [6.45, 7) is 9.27. The number of hydrogen-bond donors (Lipinski definition) is 0. The van der Waals surface area contributed by atoms with Gasteiger partial charge in [0.25, 0.3) is 0 Å². The third-order valence-electron chi connectivity index (χ3n) is 7.72. The fourth-order valence-corrected chi connectivity index (χ4v) is 6.82. The summed E-state index contributed by atoms with van der Waals surface area (Å²) in [4.78, 5) is 12.7. The van der Waals surface area contributed by atoms with Crippen LogP contribution < -0.4 is 5.01 Å². The summed E-state index contributed by atoms with van der Waals surface area (Å²) in [6.07, 6.45) is 8.33. The molecule has 3 aromatic rings. The molecule has 7 nitrogen and oxygen atoms in total. The van der Waals surface area contributed by atoms with Gasteiger partial charge in [0, 0.05) is 60.3 Å². The van der Waals surface area contributed by atoms with Crippen molar-refractivity contribution in [3.8, 4) is 0 Å². The standard InChI is InChI=1S/C26H31FN6OS/c1-18-22(15-31-10-6-26(7-11-31)24-20(5-13-34-26)14-23(27)35-24)17-33(30-18)25-21(4-3-8-29-25)16-32-12-9-28-19(32)2/h3-4,8-9,12,14,22H,5-7,10-11,13,15-17H2,1-2H3. The molecular weight excluding hydrogens is 463 g/mol. The van der Waals surface area contributed by atoms with Crippen molar-refractivity contribution in [1.82, 2.24) is 19.4 Å². The van der Waals surface area contributed by atoms with Crippen molar-refractivity contribution >= 4 is 22.9 Å². The molecule has 0 N–H and O–H groups in total. The Kier molecular flexibility index (Phi) is 5.94. The van der Waals surface area contributed by atoms with Crippen LogP contribution >= 0.6 is 11.3 Å². The largest absolute Gasteiger partial charge is 0.369 e. The molecule has 0 saturated carbocycles. The SMILES string of the molecule is CC1=NN(c2ncccc2Cn2ccnc2C)CC1CN1CCC2(CC1)OCCc1cc(F)sc12. The number of aromatic nitrogens is 3. The second kappa shape index (κ2) is 9.11. The Bertz CT molecular complexity index is 1240. The van der Waals surface area contributed by atoms with Crippen molar-refractivity contribution in [2.45, 2.75) is 45.3 Å². The maximum absolute atomic E-state index is 14.0. The van der Waals surface area contributed by atoms with Crippen molar-refractivity contribution in [2.75, 3.05) is 37.8 Å². The van der Waals surface area contributed by atoms with E-state index < -0.39 is 0 Å². The summed E-state index contributed by atoms with van der Waals surface area (Å²) in [6, 6.07) is 5.82. The highest BCUT2D eigenvalue weighted by Crippen LogP contribution is 2.45. The lowest BCUT2D eigenvalue weighted by molar-refractivity contribution is -0.0955. The van der Waals surface area contributed by atoms with Gasteiger partial charge in [-0.1, -0.05) is 6.07 Å². The lowest BCUT2D eigenvalue weighted by atomic mass is 9.85. The molecule has 0 radical (unpaired) electrons. The van der Waals surface area contributed by atoms with Gasteiger partial charge in [0.2, 0.25) is 0 Å². The van der Waals surface area contributed by atoms with Crippen LogP contribution in [0.3, 0.4) is 0 Å². The number of ether oxygens (including phenoxy) is 1. The van der Waals surface area contributed by atoms with Crippen LogP contribution in [-0.2, 0) is 23.3 Å². The van der Waals surface area contributed by atoms with Gasteiger partial charge in [0.15, 0.2) is 10.9 Å².